The van der Waals surface area contributed by atoms with Crippen LogP contribution in [0, 0.1) is 11.8 Å². The minimum atomic E-state index is -4.28. The van der Waals surface area contributed by atoms with Gasteiger partial charge in [0.15, 0.2) is 0 Å². The van der Waals surface area contributed by atoms with Crippen molar-refractivity contribution in [2.75, 3.05) is 0 Å². The van der Waals surface area contributed by atoms with Crippen LogP contribution in [0.3, 0.4) is 0 Å². The molecule has 7 heteroatoms. The molecule has 1 unspecified atom stereocenters. The van der Waals surface area contributed by atoms with Crippen LogP contribution in [0.25, 0.3) is 0 Å². The average Bonchev–Trinajstić information content (AvgIpc) is 2.62. The maximum absolute atomic E-state index is 12.7. The summed E-state index contributed by atoms with van der Waals surface area (Å²) in [4.78, 5) is 0. The number of nitrogens with two attached hydrogens (primary N) is 2. The van der Waals surface area contributed by atoms with Crippen molar-refractivity contribution < 1.29 is 13.2 Å². The highest BCUT2D eigenvalue weighted by Crippen LogP contribution is 2.39. The summed E-state index contributed by atoms with van der Waals surface area (Å²) in [6, 6.07) is 0. The van der Waals surface area contributed by atoms with E-state index in [1.54, 1.807) is 0 Å². The highest BCUT2D eigenvalue weighted by molar-refractivity contribution is 5.76. The van der Waals surface area contributed by atoms with Crippen LogP contribution >= 0.6 is 0 Å². The topological polar surface area (TPSA) is 76.8 Å². The number of hydrogen-bond acceptors (Lipinski definition) is 2. The molecule has 1 saturated carbocycles. The normalized spacial score (nSPS) is 20.2. The van der Waals surface area contributed by atoms with Gasteiger partial charge in [-0.2, -0.15) is 18.3 Å². The summed E-state index contributed by atoms with van der Waals surface area (Å²) in [5.74, 6) is -2.28. The van der Waals surface area contributed by atoms with Crippen molar-refractivity contribution in [2.24, 2.45) is 33.5 Å². The number of guanidine groups is 1. The van der Waals surface area contributed by atoms with Crippen LogP contribution in [0.5, 0.6) is 0 Å². The largest absolute Gasteiger partial charge is 0.396 e. The zero-order chi connectivity index (χ0) is 12.2. The van der Waals surface area contributed by atoms with E-state index in [-0.39, 0.29) is 5.96 Å². The first kappa shape index (κ1) is 12.8. The number of nitrogens with zero attached hydrogens (tertiary/aromatic N) is 2. The van der Waals surface area contributed by atoms with Crippen LogP contribution < -0.4 is 11.5 Å². The van der Waals surface area contributed by atoms with Gasteiger partial charge < -0.3 is 11.5 Å². The van der Waals surface area contributed by atoms with Crippen molar-refractivity contribution in [3.05, 3.63) is 0 Å². The Hall–Kier alpha value is -1.27. The molecule has 4 N–H and O–H groups in total. The minimum absolute atomic E-state index is 0.344. The summed E-state index contributed by atoms with van der Waals surface area (Å²) in [7, 11) is 0. The van der Waals surface area contributed by atoms with Crippen molar-refractivity contribution in [1.29, 1.82) is 0 Å². The Labute approximate surface area is 91.6 Å². The lowest BCUT2D eigenvalue weighted by Crippen LogP contribution is -2.30. The first-order chi connectivity index (χ1) is 7.41. The smallest absolute Gasteiger partial charge is 0.369 e. The number of hydrogen-bond donors (Lipinski definition) is 2. The van der Waals surface area contributed by atoms with E-state index in [1.165, 1.54) is 0 Å². The first-order valence-electron chi connectivity index (χ1n) is 5.10. The van der Waals surface area contributed by atoms with E-state index >= 15 is 0 Å². The molecule has 92 valence electrons. The number of alkyl halides is 3. The molecule has 1 aliphatic rings. The minimum Gasteiger partial charge on any atom is -0.369 e. The lowest BCUT2D eigenvalue weighted by Gasteiger charge is -2.21. The molecule has 0 saturated heterocycles. The fraction of sp³-hybridized carbons (Fsp3) is 0.778. The fourth-order valence-electron chi connectivity index (χ4n) is 1.96. The van der Waals surface area contributed by atoms with Gasteiger partial charge in [-0.3, -0.25) is 0 Å². The van der Waals surface area contributed by atoms with E-state index in [9.17, 15) is 13.2 Å². The summed E-state index contributed by atoms with van der Waals surface area (Å²) in [6.07, 6.45) is -0.635. The zero-order valence-corrected chi connectivity index (χ0v) is 8.74. The van der Waals surface area contributed by atoms with Gasteiger partial charge in [-0.1, -0.05) is 12.8 Å². The summed E-state index contributed by atoms with van der Waals surface area (Å²) < 4.78 is 38.1. The van der Waals surface area contributed by atoms with Crippen LogP contribution in [-0.2, 0) is 0 Å². The molecule has 1 atom stereocenters. The second kappa shape index (κ2) is 5.18. The molecule has 16 heavy (non-hydrogen) atoms. The molecule has 0 aromatic rings. The molecular formula is C9H15F3N4. The standard InChI is InChI=1S/C9H15F3N4/c10-9(11,12)7(5-15-16-8(13)14)6-3-1-2-4-6/h5-7H,1-4H2,(H4,13,14,16)/b15-5+. The van der Waals surface area contributed by atoms with Crippen molar-refractivity contribution >= 4 is 12.2 Å². The van der Waals surface area contributed by atoms with Crippen molar-refractivity contribution in [3.8, 4) is 0 Å². The van der Waals surface area contributed by atoms with Gasteiger partial charge in [-0.15, -0.1) is 5.10 Å². The van der Waals surface area contributed by atoms with E-state index in [1.807, 2.05) is 0 Å². The van der Waals surface area contributed by atoms with Crippen LogP contribution in [0.1, 0.15) is 25.7 Å². The Bertz CT molecular complexity index is 275. The second-order valence-corrected chi connectivity index (χ2v) is 3.90. The Balaban J connectivity index is 2.71. The Kier molecular flexibility index (Phi) is 4.14. The highest BCUT2D eigenvalue weighted by atomic mass is 19.4. The zero-order valence-electron chi connectivity index (χ0n) is 8.74. The van der Waals surface area contributed by atoms with E-state index in [4.69, 9.17) is 11.5 Å². The Morgan fingerprint density at radius 3 is 2.25 bits per heavy atom. The second-order valence-electron chi connectivity index (χ2n) is 3.90. The third-order valence-corrected chi connectivity index (χ3v) is 2.69. The maximum atomic E-state index is 12.7. The van der Waals surface area contributed by atoms with Gasteiger partial charge in [0.25, 0.3) is 0 Å². The molecule has 0 aromatic heterocycles. The summed E-state index contributed by atoms with van der Waals surface area (Å²) in [6.45, 7) is 0. The third kappa shape index (κ3) is 3.71. The van der Waals surface area contributed by atoms with Crippen molar-refractivity contribution in [2.45, 2.75) is 31.9 Å². The molecule has 0 aliphatic heterocycles. The van der Waals surface area contributed by atoms with Crippen LogP contribution in [-0.4, -0.2) is 18.4 Å². The highest BCUT2D eigenvalue weighted by Gasteiger charge is 2.44. The van der Waals surface area contributed by atoms with Gasteiger partial charge in [-0.05, 0) is 18.8 Å². The predicted octanol–water partition coefficient (Wildman–Crippen LogP) is 1.61. The fourth-order valence-corrected chi connectivity index (χ4v) is 1.96. The first-order valence-corrected chi connectivity index (χ1v) is 5.10. The van der Waals surface area contributed by atoms with Crippen molar-refractivity contribution in [3.63, 3.8) is 0 Å². The van der Waals surface area contributed by atoms with Gasteiger partial charge in [0.2, 0.25) is 5.96 Å². The summed E-state index contributed by atoms with van der Waals surface area (Å²) in [5, 5.41) is 6.47. The molecule has 1 fully saturated rings. The predicted molar refractivity (Wildman–Crippen MR) is 55.8 cm³/mol. The summed E-state index contributed by atoms with van der Waals surface area (Å²) >= 11 is 0. The Morgan fingerprint density at radius 2 is 1.81 bits per heavy atom. The number of halogens is 3. The molecule has 0 radical (unpaired) electrons. The lowest BCUT2D eigenvalue weighted by molar-refractivity contribution is -0.165. The van der Waals surface area contributed by atoms with Crippen molar-refractivity contribution in [1.82, 2.24) is 0 Å². The SMILES string of the molecule is NC(N)=N/N=C/C(C1CCCC1)C(F)(F)F. The molecule has 1 aliphatic carbocycles. The van der Waals surface area contributed by atoms with Gasteiger partial charge >= 0.3 is 6.18 Å². The molecule has 0 spiro atoms. The van der Waals surface area contributed by atoms with Crippen LogP contribution in [0.2, 0.25) is 0 Å². The Morgan fingerprint density at radius 1 is 1.25 bits per heavy atom. The quantitative estimate of drug-likeness (QED) is 0.443. The molecule has 4 nitrogen and oxygen atoms in total. The maximum Gasteiger partial charge on any atom is 0.396 e. The molecule has 1 rings (SSSR count). The van der Waals surface area contributed by atoms with Gasteiger partial charge in [0.1, 0.15) is 0 Å². The van der Waals surface area contributed by atoms with Crippen LogP contribution in [0.4, 0.5) is 13.2 Å². The van der Waals surface area contributed by atoms with Gasteiger partial charge in [0.05, 0.1) is 5.92 Å². The van der Waals surface area contributed by atoms with E-state index < -0.39 is 18.0 Å². The van der Waals surface area contributed by atoms with E-state index in [0.717, 1.165) is 19.1 Å². The third-order valence-electron chi connectivity index (χ3n) is 2.69. The molecule has 0 amide bonds. The van der Waals surface area contributed by atoms with E-state index in [0.29, 0.717) is 12.8 Å². The average molecular weight is 236 g/mol. The number of rotatable bonds is 3. The van der Waals surface area contributed by atoms with Gasteiger partial charge in [0, 0.05) is 6.21 Å². The van der Waals surface area contributed by atoms with E-state index in [2.05, 4.69) is 10.2 Å². The molecular weight excluding hydrogens is 221 g/mol. The molecule has 0 aromatic carbocycles. The molecule has 0 heterocycles. The molecule has 0 bridgehead atoms. The lowest BCUT2D eigenvalue weighted by atomic mass is 9.91. The summed E-state index contributed by atoms with van der Waals surface area (Å²) in [5.41, 5.74) is 9.95. The monoisotopic (exact) mass is 236 g/mol. The van der Waals surface area contributed by atoms with Crippen LogP contribution in [0.15, 0.2) is 10.2 Å². The van der Waals surface area contributed by atoms with Gasteiger partial charge in [-0.25, -0.2) is 0 Å².